The maximum atomic E-state index is 9.73. The summed E-state index contributed by atoms with van der Waals surface area (Å²) in [5.74, 6) is 0.241. The van der Waals surface area contributed by atoms with Crippen LogP contribution in [0, 0.1) is 0 Å². The molecule has 17 heavy (non-hydrogen) atoms. The van der Waals surface area contributed by atoms with Crippen LogP contribution in [0.5, 0.6) is 5.75 Å². The van der Waals surface area contributed by atoms with Crippen molar-refractivity contribution in [3.05, 3.63) is 54.1 Å². The van der Waals surface area contributed by atoms with Crippen LogP contribution >= 0.6 is 12.6 Å². The Morgan fingerprint density at radius 1 is 1.06 bits per heavy atom. The van der Waals surface area contributed by atoms with Gasteiger partial charge in [0, 0.05) is 16.2 Å². The Kier molecular flexibility index (Phi) is 3.49. The van der Waals surface area contributed by atoms with E-state index < -0.39 is 0 Å². The summed E-state index contributed by atoms with van der Waals surface area (Å²) in [5, 5.41) is 9.73. The molecule has 0 unspecified atom stereocenters. The van der Waals surface area contributed by atoms with E-state index in [9.17, 15) is 5.11 Å². The van der Waals surface area contributed by atoms with Gasteiger partial charge in [-0.15, -0.1) is 12.6 Å². The molecule has 2 nitrogen and oxygen atoms in total. The maximum absolute atomic E-state index is 9.73. The number of hydrogen-bond donors (Lipinski definition) is 2. The quantitative estimate of drug-likeness (QED) is 0.610. The Balaban J connectivity index is 2.42. The van der Waals surface area contributed by atoms with Gasteiger partial charge < -0.3 is 5.11 Å². The van der Waals surface area contributed by atoms with E-state index in [1.54, 1.807) is 12.1 Å². The van der Waals surface area contributed by atoms with E-state index in [4.69, 9.17) is 0 Å². The molecule has 0 heterocycles. The second-order valence-electron chi connectivity index (χ2n) is 3.70. The second-order valence-corrected chi connectivity index (χ2v) is 4.18. The highest BCUT2D eigenvalue weighted by Gasteiger charge is 2.04. The van der Waals surface area contributed by atoms with Crippen LogP contribution in [0.3, 0.4) is 0 Å². The zero-order valence-electron chi connectivity index (χ0n) is 9.46. The number of phenols is 1. The molecule has 3 heteroatoms. The second kappa shape index (κ2) is 5.06. The zero-order valence-corrected chi connectivity index (χ0v) is 10.4. The van der Waals surface area contributed by atoms with Gasteiger partial charge in [-0.3, -0.25) is 4.99 Å². The predicted octanol–water partition coefficient (Wildman–Crippen LogP) is 3.82. The molecule has 0 saturated carbocycles. The molecular formula is C14H13NOS. The van der Waals surface area contributed by atoms with Crippen LogP contribution in [0.1, 0.15) is 12.5 Å². The zero-order chi connectivity index (χ0) is 12.3. The fraction of sp³-hybridized carbons (Fsp3) is 0.0714. The Morgan fingerprint density at radius 2 is 1.71 bits per heavy atom. The normalized spacial score (nSPS) is 11.5. The first kappa shape index (κ1) is 11.7. The summed E-state index contributed by atoms with van der Waals surface area (Å²) in [6.45, 7) is 1.87. The van der Waals surface area contributed by atoms with Gasteiger partial charge in [-0.05, 0) is 31.2 Å². The number of phenolic OH excluding ortho intramolecular Hbond substituents is 1. The topological polar surface area (TPSA) is 32.6 Å². The standard InChI is InChI=1S/C14H13NOS/c1-10(11-6-2-4-8-13(11)16)15-12-7-3-5-9-14(12)17/h2-9,16-17H,1H3. The van der Waals surface area contributed by atoms with Crippen LogP contribution in [0.4, 0.5) is 5.69 Å². The van der Waals surface area contributed by atoms with E-state index in [0.29, 0.717) is 0 Å². The lowest BCUT2D eigenvalue weighted by molar-refractivity contribution is 0.474. The van der Waals surface area contributed by atoms with Crippen LogP contribution in [-0.4, -0.2) is 10.8 Å². The summed E-state index contributed by atoms with van der Waals surface area (Å²) >= 11 is 4.34. The molecule has 0 atom stereocenters. The molecule has 0 aliphatic rings. The van der Waals surface area contributed by atoms with Crippen LogP contribution < -0.4 is 0 Å². The summed E-state index contributed by atoms with van der Waals surface area (Å²) < 4.78 is 0. The number of benzene rings is 2. The van der Waals surface area contributed by atoms with E-state index >= 15 is 0 Å². The number of aliphatic imine (C=N–C) groups is 1. The smallest absolute Gasteiger partial charge is 0.124 e. The third kappa shape index (κ3) is 2.68. The Bertz CT molecular complexity index is 564. The summed E-state index contributed by atoms with van der Waals surface area (Å²) in [5.41, 5.74) is 2.31. The Hall–Kier alpha value is -1.74. The molecule has 0 fully saturated rings. The summed E-state index contributed by atoms with van der Waals surface area (Å²) in [4.78, 5) is 5.29. The molecule has 2 aromatic rings. The summed E-state index contributed by atoms with van der Waals surface area (Å²) in [6, 6.07) is 14.8. The molecule has 0 spiro atoms. The van der Waals surface area contributed by atoms with Crippen molar-refractivity contribution in [1.82, 2.24) is 0 Å². The molecular weight excluding hydrogens is 230 g/mol. The molecule has 0 radical (unpaired) electrons. The van der Waals surface area contributed by atoms with Crippen molar-refractivity contribution in [1.29, 1.82) is 0 Å². The minimum Gasteiger partial charge on any atom is -0.507 e. The molecule has 0 saturated heterocycles. The number of aromatic hydroxyl groups is 1. The van der Waals surface area contributed by atoms with Gasteiger partial charge in [-0.25, -0.2) is 0 Å². The fourth-order valence-corrected chi connectivity index (χ4v) is 1.79. The number of thiol groups is 1. The summed E-state index contributed by atoms with van der Waals surface area (Å²) in [6.07, 6.45) is 0. The highest BCUT2D eigenvalue weighted by atomic mass is 32.1. The molecule has 86 valence electrons. The van der Waals surface area contributed by atoms with Crippen molar-refractivity contribution < 1.29 is 5.11 Å². The third-order valence-corrected chi connectivity index (χ3v) is 2.84. The van der Waals surface area contributed by atoms with Crippen LogP contribution in [0.15, 0.2) is 58.4 Å². The first-order valence-corrected chi connectivity index (χ1v) is 5.75. The average Bonchev–Trinajstić information content (AvgIpc) is 2.32. The Morgan fingerprint density at radius 3 is 2.41 bits per heavy atom. The minimum atomic E-state index is 0.241. The Labute approximate surface area is 106 Å². The van der Waals surface area contributed by atoms with E-state index in [-0.39, 0.29) is 5.75 Å². The van der Waals surface area contributed by atoms with Crippen molar-refractivity contribution in [3.8, 4) is 5.75 Å². The van der Waals surface area contributed by atoms with Gasteiger partial charge in [0.05, 0.1) is 5.69 Å². The van der Waals surface area contributed by atoms with Crippen molar-refractivity contribution in [3.63, 3.8) is 0 Å². The maximum Gasteiger partial charge on any atom is 0.124 e. The monoisotopic (exact) mass is 243 g/mol. The first-order chi connectivity index (χ1) is 8.18. The SMILES string of the molecule is CC(=Nc1ccccc1S)c1ccccc1O. The molecule has 0 aliphatic carbocycles. The minimum absolute atomic E-state index is 0.241. The molecule has 1 N–H and O–H groups in total. The van der Waals surface area contributed by atoms with Crippen LogP contribution in [0.25, 0.3) is 0 Å². The lowest BCUT2D eigenvalue weighted by Gasteiger charge is -2.05. The molecule has 0 bridgehead atoms. The number of rotatable bonds is 2. The fourth-order valence-electron chi connectivity index (χ4n) is 1.58. The van der Waals surface area contributed by atoms with Crippen molar-refractivity contribution >= 4 is 24.0 Å². The number of hydrogen-bond acceptors (Lipinski definition) is 3. The van der Waals surface area contributed by atoms with E-state index in [1.807, 2.05) is 43.3 Å². The van der Waals surface area contributed by atoms with Gasteiger partial charge in [0.15, 0.2) is 0 Å². The number of para-hydroxylation sites is 2. The molecule has 0 aliphatic heterocycles. The largest absolute Gasteiger partial charge is 0.507 e. The van der Waals surface area contributed by atoms with Gasteiger partial charge in [-0.2, -0.15) is 0 Å². The van der Waals surface area contributed by atoms with Gasteiger partial charge in [0.1, 0.15) is 5.75 Å². The van der Waals surface area contributed by atoms with E-state index in [2.05, 4.69) is 17.6 Å². The molecule has 0 aromatic heterocycles. The van der Waals surface area contributed by atoms with E-state index in [0.717, 1.165) is 21.9 Å². The lowest BCUT2D eigenvalue weighted by atomic mass is 10.1. The van der Waals surface area contributed by atoms with E-state index in [1.165, 1.54) is 0 Å². The highest BCUT2D eigenvalue weighted by Crippen LogP contribution is 2.24. The summed E-state index contributed by atoms with van der Waals surface area (Å²) in [7, 11) is 0. The van der Waals surface area contributed by atoms with Crippen LogP contribution in [-0.2, 0) is 0 Å². The van der Waals surface area contributed by atoms with Gasteiger partial charge >= 0.3 is 0 Å². The highest BCUT2D eigenvalue weighted by molar-refractivity contribution is 7.80. The third-order valence-electron chi connectivity index (χ3n) is 2.46. The van der Waals surface area contributed by atoms with Gasteiger partial charge in [-0.1, -0.05) is 24.3 Å². The number of nitrogens with zero attached hydrogens (tertiary/aromatic N) is 1. The molecule has 2 aromatic carbocycles. The first-order valence-electron chi connectivity index (χ1n) is 5.30. The average molecular weight is 243 g/mol. The van der Waals surface area contributed by atoms with Gasteiger partial charge in [0.2, 0.25) is 0 Å². The van der Waals surface area contributed by atoms with Crippen molar-refractivity contribution in [2.24, 2.45) is 4.99 Å². The van der Waals surface area contributed by atoms with Gasteiger partial charge in [0.25, 0.3) is 0 Å². The van der Waals surface area contributed by atoms with Crippen LogP contribution in [0.2, 0.25) is 0 Å². The van der Waals surface area contributed by atoms with Crippen molar-refractivity contribution in [2.45, 2.75) is 11.8 Å². The molecule has 2 rings (SSSR count). The van der Waals surface area contributed by atoms with Crippen molar-refractivity contribution in [2.75, 3.05) is 0 Å². The lowest BCUT2D eigenvalue weighted by Crippen LogP contribution is -1.94. The predicted molar refractivity (Wildman–Crippen MR) is 73.7 cm³/mol. The molecule has 0 amide bonds.